The lowest BCUT2D eigenvalue weighted by molar-refractivity contribution is -0.151. The molecule has 0 atom stereocenters. The molecule has 1 aliphatic heterocycles. The molecule has 1 saturated heterocycles. The average Bonchev–Trinajstić information content (AvgIpc) is 2.83. The van der Waals surface area contributed by atoms with Crippen LogP contribution in [0, 0.1) is 6.92 Å². The van der Waals surface area contributed by atoms with Gasteiger partial charge in [-0.15, -0.1) is 0 Å². The fourth-order valence-corrected chi connectivity index (χ4v) is 2.09. The summed E-state index contributed by atoms with van der Waals surface area (Å²) in [7, 11) is 0. The van der Waals surface area contributed by atoms with Crippen molar-refractivity contribution < 1.29 is 23.8 Å². The Morgan fingerprint density at radius 2 is 2.05 bits per heavy atom. The fourth-order valence-electron chi connectivity index (χ4n) is 2.09. The van der Waals surface area contributed by atoms with Crippen LogP contribution in [0.5, 0.6) is 0 Å². The zero-order valence-corrected chi connectivity index (χ0v) is 11.2. The Morgan fingerprint density at radius 1 is 1.35 bits per heavy atom. The molecule has 0 saturated carbocycles. The van der Waals surface area contributed by atoms with E-state index in [1.807, 2.05) is 0 Å². The van der Waals surface area contributed by atoms with Gasteiger partial charge < -0.3 is 19.6 Å². The number of aryl methyl sites for hydroxylation is 1. The molecular formula is C14H17NO5. The summed E-state index contributed by atoms with van der Waals surface area (Å²) in [6.45, 7) is 2.46. The summed E-state index contributed by atoms with van der Waals surface area (Å²) in [6, 6.07) is 3.52. The Balaban J connectivity index is 2.01. The van der Waals surface area contributed by atoms with Crippen LogP contribution in [0.2, 0.25) is 0 Å². The highest BCUT2D eigenvalue weighted by Gasteiger charge is 2.41. The Bertz CT molecular complexity index is 525. The quantitative estimate of drug-likeness (QED) is 0.812. The summed E-state index contributed by atoms with van der Waals surface area (Å²) in [4.78, 5) is 23.2. The van der Waals surface area contributed by atoms with Gasteiger partial charge in [-0.05, 0) is 25.1 Å². The largest absolute Gasteiger partial charge is 0.480 e. The number of carbonyl (C=O) groups excluding carboxylic acids is 1. The highest BCUT2D eigenvalue weighted by Crippen LogP contribution is 2.21. The maximum atomic E-state index is 11.9. The lowest BCUT2D eigenvalue weighted by Crippen LogP contribution is -2.57. The second-order valence-corrected chi connectivity index (χ2v) is 4.77. The Morgan fingerprint density at radius 3 is 2.60 bits per heavy atom. The summed E-state index contributed by atoms with van der Waals surface area (Å²) in [5.74, 6) is -0.190. The van der Waals surface area contributed by atoms with E-state index in [1.54, 1.807) is 19.1 Å². The molecular weight excluding hydrogens is 262 g/mol. The third-order valence-electron chi connectivity index (χ3n) is 3.28. The molecule has 2 heterocycles. The third kappa shape index (κ3) is 3.27. The molecule has 2 rings (SSSR count). The van der Waals surface area contributed by atoms with Crippen molar-refractivity contribution in [2.45, 2.75) is 25.3 Å². The van der Waals surface area contributed by atoms with Crippen LogP contribution >= 0.6 is 0 Å². The monoisotopic (exact) mass is 279 g/mol. The molecule has 0 aromatic carbocycles. The zero-order valence-electron chi connectivity index (χ0n) is 11.2. The molecule has 1 aromatic heterocycles. The van der Waals surface area contributed by atoms with E-state index in [1.165, 1.54) is 12.2 Å². The SMILES string of the molecule is Cc1ccc(/C=C/C(=O)NC2(C(=O)O)CCOCC2)o1. The predicted octanol–water partition coefficient (Wildman–Crippen LogP) is 1.35. The van der Waals surface area contributed by atoms with E-state index in [9.17, 15) is 14.7 Å². The molecule has 108 valence electrons. The van der Waals surface area contributed by atoms with Gasteiger partial charge in [0.25, 0.3) is 0 Å². The van der Waals surface area contributed by atoms with Crippen LogP contribution in [0.4, 0.5) is 0 Å². The number of carboxylic acid groups (broad SMARTS) is 1. The first-order chi connectivity index (χ1) is 9.52. The first-order valence-electron chi connectivity index (χ1n) is 6.40. The smallest absolute Gasteiger partial charge is 0.329 e. The van der Waals surface area contributed by atoms with Crippen LogP contribution in [0.15, 0.2) is 22.6 Å². The second-order valence-electron chi connectivity index (χ2n) is 4.77. The minimum atomic E-state index is -1.24. The molecule has 0 radical (unpaired) electrons. The van der Waals surface area contributed by atoms with E-state index in [-0.39, 0.29) is 12.8 Å². The van der Waals surface area contributed by atoms with E-state index in [0.29, 0.717) is 19.0 Å². The van der Waals surface area contributed by atoms with Crippen molar-refractivity contribution in [1.29, 1.82) is 0 Å². The summed E-state index contributed by atoms with van der Waals surface area (Å²) in [6.07, 6.45) is 3.32. The van der Waals surface area contributed by atoms with Crippen molar-refractivity contribution in [3.8, 4) is 0 Å². The highest BCUT2D eigenvalue weighted by atomic mass is 16.5. The van der Waals surface area contributed by atoms with E-state index in [2.05, 4.69) is 5.32 Å². The molecule has 1 amide bonds. The Labute approximate surface area is 116 Å². The van der Waals surface area contributed by atoms with Gasteiger partial charge in [0.15, 0.2) is 0 Å². The number of carbonyl (C=O) groups is 2. The number of nitrogens with one attached hydrogen (secondary N) is 1. The highest BCUT2D eigenvalue weighted by molar-refractivity contribution is 5.95. The predicted molar refractivity (Wildman–Crippen MR) is 71.0 cm³/mol. The summed E-state index contributed by atoms with van der Waals surface area (Å²) in [5, 5.41) is 11.9. The molecule has 6 heteroatoms. The number of rotatable bonds is 4. The minimum Gasteiger partial charge on any atom is -0.480 e. The molecule has 6 nitrogen and oxygen atoms in total. The van der Waals surface area contributed by atoms with E-state index in [0.717, 1.165) is 5.76 Å². The van der Waals surface area contributed by atoms with Gasteiger partial charge in [0.1, 0.15) is 17.1 Å². The number of hydrogen-bond donors (Lipinski definition) is 2. The van der Waals surface area contributed by atoms with Crippen molar-refractivity contribution in [2.24, 2.45) is 0 Å². The lowest BCUT2D eigenvalue weighted by atomic mass is 9.90. The molecule has 0 unspecified atom stereocenters. The number of hydrogen-bond acceptors (Lipinski definition) is 4. The van der Waals surface area contributed by atoms with E-state index in [4.69, 9.17) is 9.15 Å². The summed E-state index contributed by atoms with van der Waals surface area (Å²) in [5.41, 5.74) is -1.24. The maximum Gasteiger partial charge on any atom is 0.329 e. The Kier molecular flexibility index (Phi) is 4.24. The average molecular weight is 279 g/mol. The number of ether oxygens (including phenoxy) is 1. The van der Waals surface area contributed by atoms with Gasteiger partial charge in [-0.2, -0.15) is 0 Å². The first-order valence-corrected chi connectivity index (χ1v) is 6.40. The molecule has 1 aromatic rings. The minimum absolute atomic E-state index is 0.266. The topological polar surface area (TPSA) is 88.8 Å². The van der Waals surface area contributed by atoms with Gasteiger partial charge in [-0.25, -0.2) is 4.79 Å². The van der Waals surface area contributed by atoms with Gasteiger partial charge in [0, 0.05) is 32.1 Å². The van der Waals surface area contributed by atoms with Crippen LogP contribution in [-0.2, 0) is 14.3 Å². The molecule has 0 bridgehead atoms. The van der Waals surface area contributed by atoms with E-state index < -0.39 is 17.4 Å². The number of carboxylic acids is 1. The molecule has 1 fully saturated rings. The van der Waals surface area contributed by atoms with Crippen LogP contribution in [-0.4, -0.2) is 35.7 Å². The van der Waals surface area contributed by atoms with Crippen molar-refractivity contribution >= 4 is 18.0 Å². The van der Waals surface area contributed by atoms with Crippen LogP contribution < -0.4 is 5.32 Å². The fraction of sp³-hybridized carbons (Fsp3) is 0.429. The van der Waals surface area contributed by atoms with Gasteiger partial charge in [-0.3, -0.25) is 4.79 Å². The normalized spacial score (nSPS) is 18.1. The zero-order chi connectivity index (χ0) is 14.6. The van der Waals surface area contributed by atoms with Crippen molar-refractivity contribution in [3.05, 3.63) is 29.7 Å². The molecule has 2 N–H and O–H groups in total. The Hall–Kier alpha value is -2.08. The number of amides is 1. The first kappa shape index (κ1) is 14.3. The number of furan rings is 1. The van der Waals surface area contributed by atoms with Crippen molar-refractivity contribution in [2.75, 3.05) is 13.2 Å². The van der Waals surface area contributed by atoms with Gasteiger partial charge in [-0.1, -0.05) is 0 Å². The summed E-state index contributed by atoms with van der Waals surface area (Å²) >= 11 is 0. The van der Waals surface area contributed by atoms with E-state index >= 15 is 0 Å². The molecule has 20 heavy (non-hydrogen) atoms. The van der Waals surface area contributed by atoms with Crippen molar-refractivity contribution in [1.82, 2.24) is 5.32 Å². The summed E-state index contributed by atoms with van der Waals surface area (Å²) < 4.78 is 10.4. The van der Waals surface area contributed by atoms with Gasteiger partial charge >= 0.3 is 5.97 Å². The van der Waals surface area contributed by atoms with Crippen LogP contribution in [0.25, 0.3) is 6.08 Å². The van der Waals surface area contributed by atoms with Gasteiger partial charge in [0.2, 0.25) is 5.91 Å². The standard InChI is InChI=1S/C14H17NO5/c1-10-2-3-11(20-10)4-5-12(16)15-14(13(17)18)6-8-19-9-7-14/h2-5H,6-9H2,1H3,(H,15,16)(H,17,18)/b5-4+. The second kappa shape index (κ2) is 5.92. The van der Waals surface area contributed by atoms with Crippen LogP contribution in [0.1, 0.15) is 24.4 Å². The van der Waals surface area contributed by atoms with Crippen molar-refractivity contribution in [3.63, 3.8) is 0 Å². The molecule has 1 aliphatic rings. The van der Waals surface area contributed by atoms with Crippen LogP contribution in [0.3, 0.4) is 0 Å². The molecule has 0 spiro atoms. The third-order valence-corrected chi connectivity index (χ3v) is 3.28. The maximum absolute atomic E-state index is 11.9. The number of aliphatic carboxylic acids is 1. The van der Waals surface area contributed by atoms with Gasteiger partial charge in [0.05, 0.1) is 0 Å². The lowest BCUT2D eigenvalue weighted by Gasteiger charge is -2.33. The molecule has 0 aliphatic carbocycles.